The number of rotatable bonds is 17. The van der Waals surface area contributed by atoms with Gasteiger partial charge in [-0.3, -0.25) is 14.4 Å². The number of esters is 3. The molecule has 180 valence electrons. The summed E-state index contributed by atoms with van der Waals surface area (Å²) in [6.07, 6.45) is 18.3. The van der Waals surface area contributed by atoms with Crippen molar-refractivity contribution >= 4 is 17.9 Å². The van der Waals surface area contributed by atoms with Gasteiger partial charge in [0.15, 0.2) is 0 Å². The number of hydrogen-bond donors (Lipinski definition) is 0. The monoisotopic (exact) mass is 452 g/mol. The molecule has 1 rings (SSSR count). The fourth-order valence-electron chi connectivity index (χ4n) is 2.96. The van der Waals surface area contributed by atoms with Crippen molar-refractivity contribution in [2.45, 2.75) is 89.9 Å². The predicted octanol–water partition coefficient (Wildman–Crippen LogP) is 4.60. The van der Waals surface area contributed by atoms with E-state index in [9.17, 15) is 14.4 Å². The second kappa shape index (κ2) is 17.2. The highest BCUT2D eigenvalue weighted by molar-refractivity contribution is 5.69. The minimum Gasteiger partial charge on any atom is -0.469 e. The molecule has 7 nitrogen and oxygen atoms in total. The van der Waals surface area contributed by atoms with Crippen LogP contribution in [0.4, 0.5) is 0 Å². The van der Waals surface area contributed by atoms with E-state index in [4.69, 9.17) is 15.6 Å². The Kier molecular flexibility index (Phi) is 13.9. The molecule has 4 atom stereocenters. The standard InChI is InChI=1S/C25H38O7/c1-20(26)30-19-13-9-5-4-6-11-15-23-24(32-23)18-17-22(31-21(2)27)14-10-7-8-12-16-25(28)29-3/h6-7,10-11,17-18,22-24H,4-5,8-9,12-16,19H2,1-3H3/b10-7-,11-6-,18-17+/t22-,23-,24-/m0/s1/i19T/t19?,22-,23-,24-. The van der Waals surface area contributed by atoms with Crippen LogP contribution in [0.1, 0.15) is 73.0 Å². The van der Waals surface area contributed by atoms with E-state index >= 15 is 0 Å². The number of unbranched alkanes of at least 4 members (excludes halogenated alkanes) is 3. The number of ether oxygens (including phenoxy) is 4. The zero-order valence-electron chi connectivity index (χ0n) is 20.5. The van der Waals surface area contributed by atoms with Gasteiger partial charge in [0.2, 0.25) is 0 Å². The number of carbonyl (C=O) groups is 3. The molecule has 1 aliphatic heterocycles. The molecule has 7 heteroatoms. The van der Waals surface area contributed by atoms with Gasteiger partial charge in [0.05, 0.1) is 21.2 Å². The van der Waals surface area contributed by atoms with Crippen molar-refractivity contribution in [2.75, 3.05) is 13.7 Å². The van der Waals surface area contributed by atoms with E-state index in [2.05, 4.69) is 16.9 Å². The molecular formula is C25H38O7. The average Bonchev–Trinajstić information content (AvgIpc) is 3.50. The third kappa shape index (κ3) is 15.4. The number of hydrogen-bond acceptors (Lipinski definition) is 7. The molecular weight excluding hydrogens is 412 g/mol. The summed E-state index contributed by atoms with van der Waals surface area (Å²) in [5, 5.41) is 0. The molecule has 32 heavy (non-hydrogen) atoms. The maximum absolute atomic E-state index is 11.4. The lowest BCUT2D eigenvalue weighted by molar-refractivity contribution is -0.144. The summed E-state index contributed by atoms with van der Waals surface area (Å²) in [5.74, 6) is -0.952. The molecule has 1 heterocycles. The molecule has 0 aromatic carbocycles. The summed E-state index contributed by atoms with van der Waals surface area (Å²) in [7, 11) is 1.38. The Balaban J connectivity index is 2.21. The molecule has 0 saturated carbocycles. The lowest BCUT2D eigenvalue weighted by Gasteiger charge is -2.10. The molecule has 0 N–H and O–H groups in total. The quantitative estimate of drug-likeness (QED) is 0.105. The molecule has 0 aromatic heterocycles. The van der Waals surface area contributed by atoms with Gasteiger partial charge < -0.3 is 18.9 Å². The summed E-state index contributed by atoms with van der Waals surface area (Å²) in [5.41, 5.74) is 0. The van der Waals surface area contributed by atoms with E-state index in [-0.39, 0.29) is 30.3 Å². The van der Waals surface area contributed by atoms with Gasteiger partial charge >= 0.3 is 17.9 Å². The van der Waals surface area contributed by atoms with E-state index in [1.165, 1.54) is 21.0 Å². The van der Waals surface area contributed by atoms with E-state index in [0.717, 1.165) is 38.5 Å². The second-order valence-corrected chi connectivity index (χ2v) is 7.62. The van der Waals surface area contributed by atoms with Crippen molar-refractivity contribution in [3.05, 3.63) is 36.5 Å². The molecule has 1 unspecified atom stereocenters. The summed E-state index contributed by atoms with van der Waals surface area (Å²) in [4.78, 5) is 33.2. The number of methoxy groups -OCH3 is 1. The molecule has 1 fully saturated rings. The predicted molar refractivity (Wildman–Crippen MR) is 122 cm³/mol. The fourth-order valence-corrected chi connectivity index (χ4v) is 2.96. The zero-order chi connectivity index (χ0) is 24.5. The molecule has 0 bridgehead atoms. The van der Waals surface area contributed by atoms with Crippen LogP contribution in [0.15, 0.2) is 36.5 Å². The van der Waals surface area contributed by atoms with Gasteiger partial charge in [0.25, 0.3) is 0 Å². The molecule has 0 amide bonds. The maximum Gasteiger partial charge on any atom is 0.305 e. The Bertz CT molecular complexity index is 686. The lowest BCUT2D eigenvalue weighted by atomic mass is 10.1. The maximum atomic E-state index is 11.4. The van der Waals surface area contributed by atoms with Gasteiger partial charge in [-0.05, 0) is 51.0 Å². The van der Waals surface area contributed by atoms with Crippen LogP contribution in [0.5, 0.6) is 0 Å². The van der Waals surface area contributed by atoms with Crippen molar-refractivity contribution in [1.29, 1.82) is 0 Å². The van der Waals surface area contributed by atoms with Crippen molar-refractivity contribution in [3.63, 3.8) is 0 Å². The van der Waals surface area contributed by atoms with Crippen molar-refractivity contribution in [1.82, 2.24) is 0 Å². The second-order valence-electron chi connectivity index (χ2n) is 7.62. The topological polar surface area (TPSA) is 91.4 Å². The average molecular weight is 453 g/mol. The first-order chi connectivity index (χ1) is 15.8. The van der Waals surface area contributed by atoms with Crippen LogP contribution < -0.4 is 0 Å². The first-order valence-electron chi connectivity index (χ1n) is 11.9. The van der Waals surface area contributed by atoms with Crippen molar-refractivity contribution in [3.8, 4) is 0 Å². The third-order valence-corrected chi connectivity index (χ3v) is 4.70. The smallest absolute Gasteiger partial charge is 0.305 e. The highest BCUT2D eigenvalue weighted by Gasteiger charge is 2.35. The summed E-state index contributed by atoms with van der Waals surface area (Å²) < 4.78 is 27.9. The summed E-state index contributed by atoms with van der Waals surface area (Å²) in [6, 6.07) is 0. The van der Waals surface area contributed by atoms with Crippen LogP contribution >= 0.6 is 0 Å². The van der Waals surface area contributed by atoms with E-state index in [0.29, 0.717) is 19.3 Å². The van der Waals surface area contributed by atoms with Gasteiger partial charge in [0, 0.05) is 26.7 Å². The molecule has 0 aromatic rings. The minimum absolute atomic E-state index is 0.0320. The highest BCUT2D eigenvalue weighted by atomic mass is 16.6. The van der Waals surface area contributed by atoms with E-state index < -0.39 is 12.6 Å². The van der Waals surface area contributed by atoms with Crippen LogP contribution in [0.25, 0.3) is 0 Å². The minimum atomic E-state index is -0.767. The van der Waals surface area contributed by atoms with Crippen LogP contribution in [-0.2, 0) is 33.3 Å². The van der Waals surface area contributed by atoms with Crippen molar-refractivity contribution in [2.24, 2.45) is 0 Å². The Labute approximate surface area is 193 Å². The van der Waals surface area contributed by atoms with Gasteiger partial charge in [-0.2, -0.15) is 0 Å². The Morgan fingerprint density at radius 2 is 1.75 bits per heavy atom. The number of allylic oxidation sites excluding steroid dienone is 2. The van der Waals surface area contributed by atoms with E-state index in [1.54, 1.807) is 0 Å². The molecule has 1 aliphatic rings. The van der Waals surface area contributed by atoms with Gasteiger partial charge in [-0.15, -0.1) is 0 Å². The first-order valence-corrected chi connectivity index (χ1v) is 11.3. The first kappa shape index (κ1) is 25.8. The van der Waals surface area contributed by atoms with Gasteiger partial charge in [0.1, 0.15) is 12.2 Å². The molecule has 0 radical (unpaired) electrons. The highest BCUT2D eigenvalue weighted by Crippen LogP contribution is 2.27. The van der Waals surface area contributed by atoms with Crippen LogP contribution in [-0.4, -0.2) is 49.9 Å². The normalized spacial score (nSPS) is 20.3. The van der Waals surface area contributed by atoms with Crippen LogP contribution in [0.3, 0.4) is 0 Å². The Morgan fingerprint density at radius 1 is 1.00 bits per heavy atom. The number of carbonyl (C=O) groups excluding carboxylic acids is 3. The van der Waals surface area contributed by atoms with Gasteiger partial charge in [-0.25, -0.2) is 0 Å². The van der Waals surface area contributed by atoms with Crippen molar-refractivity contribution < 1.29 is 34.7 Å². The Hall–Kier alpha value is -2.41. The van der Waals surface area contributed by atoms with E-state index in [1.807, 2.05) is 24.3 Å². The van der Waals surface area contributed by atoms with Crippen LogP contribution in [0, 0.1) is 0 Å². The third-order valence-electron chi connectivity index (χ3n) is 4.70. The fraction of sp³-hybridized carbons (Fsp3) is 0.640. The largest absolute Gasteiger partial charge is 0.469 e. The summed E-state index contributed by atoms with van der Waals surface area (Å²) in [6.45, 7) is 1.94. The summed E-state index contributed by atoms with van der Waals surface area (Å²) >= 11 is 0. The molecule has 0 spiro atoms. The lowest BCUT2D eigenvalue weighted by Crippen LogP contribution is -2.13. The SMILES string of the molecule is [3H]C(CCCC/C=C\C[C@@H]1O[C@H]1/C=C/[C@H](C/C=C\CCCC(=O)OC)OC(C)=O)OC(C)=O. The molecule has 0 aliphatic carbocycles. The van der Waals surface area contributed by atoms with Crippen LogP contribution in [0.2, 0.25) is 0 Å². The number of epoxide rings is 1. The van der Waals surface area contributed by atoms with Gasteiger partial charge in [-0.1, -0.05) is 30.4 Å². The Morgan fingerprint density at radius 3 is 2.47 bits per heavy atom. The molecule has 1 saturated heterocycles. The zero-order valence-corrected chi connectivity index (χ0v) is 19.5.